The minimum atomic E-state index is 0.419. The lowest BCUT2D eigenvalue weighted by Crippen LogP contribution is -2.55. The molecule has 3 aliphatic rings. The second kappa shape index (κ2) is 4.52. The van der Waals surface area contributed by atoms with Gasteiger partial charge in [0.05, 0.1) is 0 Å². The van der Waals surface area contributed by atoms with Crippen LogP contribution in [0.1, 0.15) is 39.5 Å². The maximum Gasteiger partial charge on any atom is 0.0238 e. The van der Waals surface area contributed by atoms with Gasteiger partial charge in [0.1, 0.15) is 0 Å². The highest BCUT2D eigenvalue weighted by Crippen LogP contribution is 2.33. The number of rotatable bonds is 2. The highest BCUT2D eigenvalue weighted by molar-refractivity contribution is 4.96. The summed E-state index contributed by atoms with van der Waals surface area (Å²) in [5.74, 6) is 0.652. The van der Waals surface area contributed by atoms with Crippen LogP contribution >= 0.6 is 0 Å². The number of nitrogens with zero attached hydrogens (tertiary/aromatic N) is 2. The predicted octanol–water partition coefficient (Wildman–Crippen LogP) is 1.28. The molecule has 0 spiro atoms. The van der Waals surface area contributed by atoms with Crippen molar-refractivity contribution >= 4 is 0 Å². The molecule has 2 aliphatic heterocycles. The number of hydrogen-bond acceptors (Lipinski definition) is 3. The van der Waals surface area contributed by atoms with Gasteiger partial charge in [0.25, 0.3) is 0 Å². The molecule has 2 saturated heterocycles. The largest absolute Gasteiger partial charge is 0.327 e. The van der Waals surface area contributed by atoms with Crippen molar-refractivity contribution in [1.29, 1.82) is 0 Å². The van der Waals surface area contributed by atoms with Gasteiger partial charge in [-0.3, -0.25) is 9.80 Å². The molecule has 4 unspecified atom stereocenters. The van der Waals surface area contributed by atoms with Crippen molar-refractivity contribution < 1.29 is 0 Å². The van der Waals surface area contributed by atoms with Gasteiger partial charge in [0.15, 0.2) is 0 Å². The number of likely N-dealkylation sites (tertiary alicyclic amines) is 2. The van der Waals surface area contributed by atoms with Crippen LogP contribution in [0.4, 0.5) is 0 Å². The van der Waals surface area contributed by atoms with Crippen LogP contribution in [0.2, 0.25) is 0 Å². The summed E-state index contributed by atoms with van der Waals surface area (Å²) in [6.45, 7) is 8.57. The molecular formula is C14H27N3. The first kappa shape index (κ1) is 11.9. The quantitative estimate of drug-likeness (QED) is 0.785. The Morgan fingerprint density at radius 3 is 2.41 bits per heavy atom. The molecule has 3 heteroatoms. The monoisotopic (exact) mass is 237 g/mol. The van der Waals surface area contributed by atoms with Gasteiger partial charge in [-0.05, 0) is 38.5 Å². The highest BCUT2D eigenvalue weighted by Gasteiger charge is 2.40. The average Bonchev–Trinajstić information content (AvgIpc) is 3.06. The lowest BCUT2D eigenvalue weighted by molar-refractivity contribution is 0.0586. The first-order valence-corrected chi connectivity index (χ1v) is 7.42. The van der Waals surface area contributed by atoms with E-state index in [0.717, 1.165) is 12.1 Å². The fourth-order valence-electron chi connectivity index (χ4n) is 3.75. The van der Waals surface area contributed by atoms with Gasteiger partial charge in [0, 0.05) is 43.8 Å². The molecular weight excluding hydrogens is 210 g/mol. The van der Waals surface area contributed by atoms with Gasteiger partial charge in [0.2, 0.25) is 0 Å². The van der Waals surface area contributed by atoms with Crippen molar-refractivity contribution in [3.8, 4) is 0 Å². The Kier molecular flexibility index (Phi) is 3.18. The minimum absolute atomic E-state index is 0.419. The van der Waals surface area contributed by atoms with Crippen LogP contribution in [0.15, 0.2) is 0 Å². The summed E-state index contributed by atoms with van der Waals surface area (Å²) in [7, 11) is 0. The van der Waals surface area contributed by atoms with Crippen LogP contribution in [0, 0.1) is 5.92 Å². The fraction of sp³-hybridized carbons (Fsp3) is 1.00. The Morgan fingerprint density at radius 1 is 0.941 bits per heavy atom. The molecule has 3 fully saturated rings. The first-order chi connectivity index (χ1) is 8.16. The Morgan fingerprint density at radius 2 is 1.71 bits per heavy atom. The summed E-state index contributed by atoms with van der Waals surface area (Å²) in [5.41, 5.74) is 6.18. The second-order valence-electron chi connectivity index (χ2n) is 6.46. The Balaban J connectivity index is 1.60. The van der Waals surface area contributed by atoms with Gasteiger partial charge in [-0.2, -0.15) is 0 Å². The van der Waals surface area contributed by atoms with Crippen LogP contribution in [-0.4, -0.2) is 53.6 Å². The first-order valence-electron chi connectivity index (χ1n) is 7.42. The fourth-order valence-corrected chi connectivity index (χ4v) is 3.75. The third-order valence-electron chi connectivity index (χ3n) is 5.41. The molecule has 1 aliphatic carbocycles. The maximum atomic E-state index is 6.18. The summed E-state index contributed by atoms with van der Waals surface area (Å²) in [6.07, 6.45) is 5.46. The summed E-state index contributed by atoms with van der Waals surface area (Å²) in [6, 6.07) is 2.84. The smallest absolute Gasteiger partial charge is 0.0238 e. The topological polar surface area (TPSA) is 32.5 Å². The predicted molar refractivity (Wildman–Crippen MR) is 70.9 cm³/mol. The Bertz CT molecular complexity index is 277. The van der Waals surface area contributed by atoms with Crippen LogP contribution in [-0.2, 0) is 0 Å². The molecule has 0 aromatic carbocycles. The van der Waals surface area contributed by atoms with E-state index in [0.29, 0.717) is 18.0 Å². The van der Waals surface area contributed by atoms with Crippen LogP contribution in [0.5, 0.6) is 0 Å². The van der Waals surface area contributed by atoms with Crippen molar-refractivity contribution in [1.82, 2.24) is 9.80 Å². The maximum absolute atomic E-state index is 6.18. The Hall–Kier alpha value is -0.120. The van der Waals surface area contributed by atoms with E-state index in [4.69, 9.17) is 5.73 Å². The summed E-state index contributed by atoms with van der Waals surface area (Å²) < 4.78 is 0. The van der Waals surface area contributed by atoms with E-state index in [-0.39, 0.29) is 0 Å². The van der Waals surface area contributed by atoms with Crippen LogP contribution < -0.4 is 5.73 Å². The van der Waals surface area contributed by atoms with Gasteiger partial charge in [-0.25, -0.2) is 0 Å². The van der Waals surface area contributed by atoms with Crippen LogP contribution in [0.3, 0.4) is 0 Å². The van der Waals surface area contributed by atoms with Crippen molar-refractivity contribution in [3.05, 3.63) is 0 Å². The molecule has 4 atom stereocenters. The average molecular weight is 237 g/mol. The van der Waals surface area contributed by atoms with E-state index in [1.54, 1.807) is 0 Å². The SMILES string of the molecule is CC1C(N)CCN(C2CCN(C3CC3)C2)C1C. The van der Waals surface area contributed by atoms with Gasteiger partial charge in [-0.15, -0.1) is 0 Å². The molecule has 3 nitrogen and oxygen atoms in total. The summed E-state index contributed by atoms with van der Waals surface area (Å²) in [4.78, 5) is 5.47. The number of nitrogens with two attached hydrogens (primary N) is 1. The molecule has 17 heavy (non-hydrogen) atoms. The third-order valence-corrected chi connectivity index (χ3v) is 5.41. The van der Waals surface area contributed by atoms with Gasteiger partial charge < -0.3 is 5.73 Å². The standard InChI is InChI=1S/C14H27N3/c1-10-11(2)17(8-6-14(10)15)13-5-7-16(9-13)12-3-4-12/h10-14H,3-9,15H2,1-2H3. The van der Waals surface area contributed by atoms with E-state index < -0.39 is 0 Å². The van der Waals surface area contributed by atoms with Gasteiger partial charge in [-0.1, -0.05) is 6.92 Å². The lowest BCUT2D eigenvalue weighted by atomic mass is 9.86. The molecule has 1 saturated carbocycles. The van der Waals surface area contributed by atoms with Gasteiger partial charge >= 0.3 is 0 Å². The summed E-state index contributed by atoms with van der Waals surface area (Å²) in [5, 5.41) is 0. The molecule has 0 bridgehead atoms. The van der Waals surface area contributed by atoms with E-state index in [1.165, 1.54) is 45.3 Å². The lowest BCUT2D eigenvalue weighted by Gasteiger charge is -2.44. The molecule has 3 rings (SSSR count). The normalized spacial score (nSPS) is 45.4. The van der Waals surface area contributed by atoms with Crippen molar-refractivity contribution in [3.63, 3.8) is 0 Å². The molecule has 2 N–H and O–H groups in total. The Labute approximate surface area is 105 Å². The van der Waals surface area contributed by atoms with Crippen molar-refractivity contribution in [2.45, 2.75) is 63.7 Å². The molecule has 0 amide bonds. The molecule has 2 heterocycles. The van der Waals surface area contributed by atoms with E-state index >= 15 is 0 Å². The zero-order chi connectivity index (χ0) is 12.0. The van der Waals surface area contributed by atoms with Crippen molar-refractivity contribution in [2.75, 3.05) is 19.6 Å². The van der Waals surface area contributed by atoms with E-state index in [9.17, 15) is 0 Å². The van der Waals surface area contributed by atoms with E-state index in [1.807, 2.05) is 0 Å². The molecule has 0 radical (unpaired) electrons. The minimum Gasteiger partial charge on any atom is -0.327 e. The third kappa shape index (κ3) is 2.25. The highest BCUT2D eigenvalue weighted by atomic mass is 15.3. The van der Waals surface area contributed by atoms with Crippen LogP contribution in [0.25, 0.3) is 0 Å². The number of hydrogen-bond donors (Lipinski definition) is 1. The van der Waals surface area contributed by atoms with E-state index in [2.05, 4.69) is 23.6 Å². The second-order valence-corrected chi connectivity index (χ2v) is 6.46. The summed E-state index contributed by atoms with van der Waals surface area (Å²) >= 11 is 0. The number of piperidine rings is 1. The molecule has 98 valence electrons. The zero-order valence-electron chi connectivity index (χ0n) is 11.3. The zero-order valence-corrected chi connectivity index (χ0v) is 11.3. The van der Waals surface area contributed by atoms with Crippen molar-refractivity contribution in [2.24, 2.45) is 11.7 Å². The molecule has 0 aromatic rings. The molecule has 0 aromatic heterocycles.